The van der Waals surface area contributed by atoms with Crippen LogP contribution in [0.3, 0.4) is 0 Å². The molecule has 0 atom stereocenters. The van der Waals surface area contributed by atoms with Gasteiger partial charge in [0.25, 0.3) is 11.7 Å². The van der Waals surface area contributed by atoms with Crippen LogP contribution in [0, 0.1) is 6.85 Å². The first-order valence-electron chi connectivity index (χ1n) is 16.3. The minimum absolute atomic E-state index is 0.0215. The van der Waals surface area contributed by atoms with Crippen LogP contribution in [-0.4, -0.2) is 94.6 Å². The van der Waals surface area contributed by atoms with Crippen LogP contribution in [0.2, 0.25) is 0 Å². The molecule has 1 aliphatic heterocycles. The van der Waals surface area contributed by atoms with Gasteiger partial charge in [-0.05, 0) is 29.4 Å². The van der Waals surface area contributed by atoms with Crippen molar-refractivity contribution < 1.29 is 29.4 Å². The van der Waals surface area contributed by atoms with Crippen LogP contribution in [0.4, 0.5) is 5.95 Å². The average Bonchev–Trinajstić information content (AvgIpc) is 3.80. The van der Waals surface area contributed by atoms with Crippen molar-refractivity contribution in [2.75, 3.05) is 38.0 Å². The van der Waals surface area contributed by atoms with Crippen molar-refractivity contribution >= 4 is 28.5 Å². The molecule has 14 nitrogen and oxygen atoms in total. The Morgan fingerprint density at radius 2 is 1.95 bits per heavy atom. The lowest BCUT2D eigenvalue weighted by Gasteiger charge is -2.34. The van der Waals surface area contributed by atoms with E-state index in [1.807, 2.05) is 0 Å². The first-order valence-corrected chi connectivity index (χ1v) is 10.8. The number of Topliss-reactive ketones (excluding diaryl/α,β-unsaturated/α-hetero) is 1. The highest BCUT2D eigenvalue weighted by Crippen LogP contribution is 2.32. The van der Waals surface area contributed by atoms with E-state index in [2.05, 4.69) is 35.6 Å². The van der Waals surface area contributed by atoms with E-state index in [4.69, 9.17) is 19.8 Å². The van der Waals surface area contributed by atoms with Crippen molar-refractivity contribution in [3.63, 3.8) is 0 Å². The number of carbonyl (C=O) groups excluding carboxylic acids is 2. The fourth-order valence-corrected chi connectivity index (χ4v) is 3.71. The molecule has 0 aliphatic carbocycles. The summed E-state index contributed by atoms with van der Waals surface area (Å²) in [5.74, 6) is -4.96. The summed E-state index contributed by atoms with van der Waals surface area (Å²) < 4.78 is 99.7. The first-order chi connectivity index (χ1) is 22.8. The van der Waals surface area contributed by atoms with E-state index >= 15 is 0 Å². The number of anilines is 1. The van der Waals surface area contributed by atoms with E-state index in [0.29, 0.717) is 0 Å². The number of hydrogen-bond donors (Lipinski definition) is 1. The molecule has 0 radical (unpaired) electrons. The van der Waals surface area contributed by atoms with E-state index in [9.17, 15) is 9.59 Å². The van der Waals surface area contributed by atoms with Gasteiger partial charge in [0, 0.05) is 36.3 Å². The highest BCUT2D eigenvalue weighted by atomic mass is 16.5. The molecule has 0 spiro atoms. The lowest BCUT2D eigenvalue weighted by Crippen LogP contribution is -2.51. The van der Waals surface area contributed by atoms with Crippen LogP contribution in [0.15, 0.2) is 49.1 Å². The molecule has 4 aromatic heterocycles. The van der Waals surface area contributed by atoms with E-state index in [0.717, 1.165) is 28.1 Å². The molecule has 14 heteroatoms. The zero-order valence-corrected chi connectivity index (χ0v) is 19.3. The highest BCUT2D eigenvalue weighted by Gasteiger charge is 2.31. The van der Waals surface area contributed by atoms with Gasteiger partial charge in [-0.15, -0.1) is 0 Å². The molecule has 5 aromatic rings. The number of ether oxygens (including phenoxy) is 1. The predicted molar refractivity (Wildman–Crippen MR) is 135 cm³/mol. The van der Waals surface area contributed by atoms with Gasteiger partial charge in [-0.1, -0.05) is 23.3 Å². The summed E-state index contributed by atoms with van der Waals surface area (Å²) in [6.45, 7) is -17.4. The maximum atomic E-state index is 13.9. The second-order valence-corrected chi connectivity index (χ2v) is 7.59. The molecule has 5 heterocycles. The Morgan fingerprint density at radius 1 is 1.13 bits per heavy atom. The molecule has 1 aliphatic rings. The summed E-state index contributed by atoms with van der Waals surface area (Å²) >= 11 is 0. The number of H-pyrrole nitrogens is 1. The van der Waals surface area contributed by atoms with Crippen molar-refractivity contribution in [2.24, 2.45) is 0 Å². The van der Waals surface area contributed by atoms with Gasteiger partial charge in [-0.2, -0.15) is 9.78 Å². The zero-order chi connectivity index (χ0) is 35.9. The number of aryl methyl sites for hydroxylation is 1. The molecule has 38 heavy (non-hydrogen) atoms. The number of para-hydroxylation sites is 1. The second kappa shape index (κ2) is 9.38. The van der Waals surface area contributed by atoms with Crippen molar-refractivity contribution in [3.05, 3.63) is 60.4 Å². The number of fused-ring (bicyclic) bond motifs is 1. The Hall–Kier alpha value is -5.14. The van der Waals surface area contributed by atoms with Gasteiger partial charge >= 0.3 is 0 Å². The van der Waals surface area contributed by atoms with Gasteiger partial charge in [0.1, 0.15) is 17.9 Å². The Morgan fingerprint density at radius 3 is 2.68 bits per heavy atom. The fourth-order valence-electron chi connectivity index (χ4n) is 3.71. The normalized spacial score (nSPS) is 23.7. The van der Waals surface area contributed by atoms with Gasteiger partial charge in [0.15, 0.2) is 5.82 Å². The standard InChI is InChI=1S/C24H23N11O3/c1-15-27-14-34(29-15)22-20-19(18(38-2)13-26-22)17(12-25-20)21(36)23(37)32-8-10-33(11-9-32)24-28-30-31-35(24)16-6-4-3-5-7-16/h3-7,12-14,25H,8-11H2,1-2H3/i1D3,8D2,9D2,10D2,11D2. The summed E-state index contributed by atoms with van der Waals surface area (Å²) in [7, 11) is 1.21. The second-order valence-electron chi connectivity index (χ2n) is 7.59. The predicted octanol–water partition coefficient (Wildman–Crippen LogP) is 0.968. The Labute approximate surface area is 231 Å². The lowest BCUT2D eigenvalue weighted by atomic mass is 10.1. The SMILES string of the molecule is [2H]C([2H])([2H])c1ncn(-c2ncc(OC)c3c(C(=O)C(=O)N4C([2H])([2H])C([2H])([2H])N(c5nnnn5-c5ccccc5)C([2H])([2H])C4([2H])[2H])c[nH]c23)n1. The van der Waals surface area contributed by atoms with Gasteiger partial charge in [-0.3, -0.25) is 9.59 Å². The molecular formula is C24H23N11O3. The molecule has 192 valence electrons. The minimum atomic E-state index is -3.75. The number of nitrogens with one attached hydrogen (secondary N) is 1. The molecule has 6 rings (SSSR count). The summed E-state index contributed by atoms with van der Waals surface area (Å²) in [6, 6.07) is 7.76. The summed E-state index contributed by atoms with van der Waals surface area (Å²) in [6.07, 6.45) is 3.16. The monoisotopic (exact) mass is 524 g/mol. The number of ketones is 1. The largest absolute Gasteiger partial charge is 0.494 e. The number of methoxy groups -OCH3 is 1. The van der Waals surface area contributed by atoms with E-state index in [1.54, 1.807) is 18.2 Å². The number of carbonyl (C=O) groups is 2. The van der Waals surface area contributed by atoms with Crippen LogP contribution in [-0.2, 0) is 4.79 Å². The van der Waals surface area contributed by atoms with Crippen LogP contribution in [0.25, 0.3) is 22.4 Å². The van der Waals surface area contributed by atoms with Gasteiger partial charge in [0.05, 0.1) is 46.4 Å². The van der Waals surface area contributed by atoms with Gasteiger partial charge < -0.3 is 19.5 Å². The molecule has 1 N–H and O–H groups in total. The Bertz CT molecular complexity index is 2070. The number of rotatable bonds is 6. The fraction of sp³-hybridized carbons (Fsp3) is 0.250. The van der Waals surface area contributed by atoms with E-state index in [1.165, 1.54) is 19.2 Å². The molecule has 1 saturated heterocycles. The number of pyridine rings is 1. The smallest absolute Gasteiger partial charge is 0.295 e. The molecule has 1 fully saturated rings. The highest BCUT2D eigenvalue weighted by molar-refractivity contribution is 6.45. The third kappa shape index (κ3) is 3.91. The molecule has 0 bridgehead atoms. The van der Waals surface area contributed by atoms with Crippen molar-refractivity contribution in [1.29, 1.82) is 0 Å². The number of tetrazole rings is 1. The number of aromatic nitrogens is 9. The molecule has 0 saturated carbocycles. The van der Waals surface area contributed by atoms with Crippen LogP contribution in [0.1, 0.15) is 31.3 Å². The van der Waals surface area contributed by atoms with E-state index in [-0.39, 0.29) is 33.1 Å². The zero-order valence-electron chi connectivity index (χ0n) is 30.3. The first kappa shape index (κ1) is 14.0. The topological polar surface area (TPSA) is 153 Å². The van der Waals surface area contributed by atoms with Crippen LogP contribution < -0.4 is 9.64 Å². The number of aromatic amines is 1. The maximum absolute atomic E-state index is 13.9. The van der Waals surface area contributed by atoms with Crippen molar-refractivity contribution in [2.45, 2.75) is 6.85 Å². The van der Waals surface area contributed by atoms with Gasteiger partial charge in [-0.25, -0.2) is 14.6 Å². The Balaban J connectivity index is 1.45. The van der Waals surface area contributed by atoms with Gasteiger partial charge in [0.2, 0.25) is 5.95 Å². The number of piperazine rings is 1. The maximum Gasteiger partial charge on any atom is 0.295 e. The third-order valence-electron chi connectivity index (χ3n) is 5.43. The summed E-state index contributed by atoms with van der Waals surface area (Å²) in [4.78, 5) is 38.1. The number of hydrogen-bond acceptors (Lipinski definition) is 10. The molecule has 0 unspecified atom stereocenters. The average molecular weight is 525 g/mol. The molecule has 1 amide bonds. The number of amides is 1. The number of benzene rings is 1. The summed E-state index contributed by atoms with van der Waals surface area (Å²) in [5, 5.41) is 14.6. The lowest BCUT2D eigenvalue weighted by molar-refractivity contribution is -0.126. The third-order valence-corrected chi connectivity index (χ3v) is 5.43. The van der Waals surface area contributed by atoms with Crippen LogP contribution in [0.5, 0.6) is 5.75 Å². The number of nitrogens with zero attached hydrogens (tertiary/aromatic N) is 10. The van der Waals surface area contributed by atoms with Crippen molar-refractivity contribution in [3.8, 4) is 17.3 Å². The van der Waals surface area contributed by atoms with E-state index < -0.39 is 66.8 Å². The quantitative estimate of drug-likeness (QED) is 0.251. The van der Waals surface area contributed by atoms with Crippen LogP contribution >= 0.6 is 0 Å². The van der Waals surface area contributed by atoms with Crippen molar-refractivity contribution in [1.82, 2.24) is 49.8 Å². The minimum Gasteiger partial charge on any atom is -0.494 e. The molecule has 1 aromatic carbocycles. The molecular weight excluding hydrogens is 490 g/mol. The Kier molecular flexibility index (Phi) is 3.45. The summed E-state index contributed by atoms with van der Waals surface area (Å²) in [5.41, 5.74) is -0.335.